The summed E-state index contributed by atoms with van der Waals surface area (Å²) in [5.41, 5.74) is -0.949. The SMILES string of the molecule is CC1=C(CF)C(O)CC(C)(C)C1(O)C#C/C(C)=C\CO. The van der Waals surface area contributed by atoms with E-state index in [9.17, 15) is 14.6 Å². The van der Waals surface area contributed by atoms with Crippen molar-refractivity contribution in [1.29, 1.82) is 0 Å². The summed E-state index contributed by atoms with van der Waals surface area (Å²) in [6, 6.07) is 0. The molecule has 0 aliphatic heterocycles. The van der Waals surface area contributed by atoms with Crippen LogP contribution in [-0.2, 0) is 0 Å². The molecule has 0 bridgehead atoms. The Morgan fingerprint density at radius 2 is 2.10 bits per heavy atom. The van der Waals surface area contributed by atoms with Gasteiger partial charge in [-0.3, -0.25) is 0 Å². The van der Waals surface area contributed by atoms with Crippen LogP contribution in [0.2, 0.25) is 0 Å². The van der Waals surface area contributed by atoms with E-state index in [-0.39, 0.29) is 18.6 Å². The topological polar surface area (TPSA) is 60.7 Å². The van der Waals surface area contributed by atoms with Crippen molar-refractivity contribution in [3.63, 3.8) is 0 Å². The lowest BCUT2D eigenvalue weighted by atomic mass is 9.62. The molecule has 0 aromatic heterocycles. The highest BCUT2D eigenvalue weighted by Crippen LogP contribution is 2.46. The third kappa shape index (κ3) is 2.95. The predicted octanol–water partition coefficient (Wildman–Crippen LogP) is 1.74. The molecule has 2 atom stereocenters. The maximum Gasteiger partial charge on any atom is 0.152 e. The second-order valence-corrected chi connectivity index (χ2v) is 5.92. The van der Waals surface area contributed by atoms with Gasteiger partial charge in [-0.25, -0.2) is 4.39 Å². The van der Waals surface area contributed by atoms with Gasteiger partial charge in [-0.2, -0.15) is 0 Å². The van der Waals surface area contributed by atoms with Crippen LogP contribution in [0.4, 0.5) is 4.39 Å². The van der Waals surface area contributed by atoms with Gasteiger partial charge in [-0.1, -0.05) is 25.7 Å². The average molecular weight is 282 g/mol. The van der Waals surface area contributed by atoms with Gasteiger partial charge in [-0.05, 0) is 43.1 Å². The van der Waals surface area contributed by atoms with Gasteiger partial charge >= 0.3 is 0 Å². The summed E-state index contributed by atoms with van der Waals surface area (Å²) in [4.78, 5) is 0. The van der Waals surface area contributed by atoms with Crippen LogP contribution in [0.3, 0.4) is 0 Å². The average Bonchev–Trinajstić information content (AvgIpc) is 2.34. The lowest BCUT2D eigenvalue weighted by Crippen LogP contribution is -2.51. The minimum absolute atomic E-state index is 0.119. The van der Waals surface area contributed by atoms with E-state index >= 15 is 0 Å². The zero-order valence-electron chi connectivity index (χ0n) is 12.5. The highest BCUT2D eigenvalue weighted by atomic mass is 19.1. The Morgan fingerprint density at radius 1 is 1.50 bits per heavy atom. The molecule has 1 rings (SSSR count). The first-order valence-corrected chi connectivity index (χ1v) is 6.67. The number of halogens is 1. The summed E-state index contributed by atoms with van der Waals surface area (Å²) in [5, 5.41) is 29.7. The molecule has 0 aromatic rings. The Bertz CT molecular complexity index is 494. The van der Waals surface area contributed by atoms with Crippen molar-refractivity contribution in [2.75, 3.05) is 13.3 Å². The molecular weight excluding hydrogens is 259 g/mol. The summed E-state index contributed by atoms with van der Waals surface area (Å²) in [6.45, 7) is 6.03. The number of rotatable bonds is 2. The summed E-state index contributed by atoms with van der Waals surface area (Å²) in [6.07, 6.45) is 0.902. The smallest absolute Gasteiger partial charge is 0.152 e. The molecule has 0 amide bonds. The fourth-order valence-electron chi connectivity index (χ4n) is 2.57. The summed E-state index contributed by atoms with van der Waals surface area (Å²) < 4.78 is 13.1. The number of aliphatic hydroxyl groups is 3. The summed E-state index contributed by atoms with van der Waals surface area (Å²) >= 11 is 0. The fraction of sp³-hybridized carbons (Fsp3) is 0.625. The molecule has 3 nitrogen and oxygen atoms in total. The first-order chi connectivity index (χ1) is 9.19. The molecule has 0 spiro atoms. The predicted molar refractivity (Wildman–Crippen MR) is 76.6 cm³/mol. The Kier molecular flexibility index (Phi) is 5.15. The van der Waals surface area contributed by atoms with Crippen LogP contribution in [0, 0.1) is 17.3 Å². The van der Waals surface area contributed by atoms with Crippen LogP contribution in [-0.4, -0.2) is 40.3 Å². The number of alkyl halides is 1. The lowest BCUT2D eigenvalue weighted by molar-refractivity contribution is -0.0282. The van der Waals surface area contributed by atoms with E-state index in [1.807, 2.05) is 0 Å². The monoisotopic (exact) mass is 282 g/mol. The second kappa shape index (κ2) is 6.09. The first kappa shape index (κ1) is 16.9. The van der Waals surface area contributed by atoms with Crippen LogP contribution in [0.5, 0.6) is 0 Å². The maximum absolute atomic E-state index is 13.1. The Hall–Kier alpha value is -1.15. The minimum atomic E-state index is -1.49. The first-order valence-electron chi connectivity index (χ1n) is 6.67. The van der Waals surface area contributed by atoms with Gasteiger partial charge in [0, 0.05) is 5.41 Å². The van der Waals surface area contributed by atoms with Crippen molar-refractivity contribution >= 4 is 0 Å². The normalized spacial score (nSPS) is 30.0. The van der Waals surface area contributed by atoms with E-state index < -0.39 is 23.8 Å². The largest absolute Gasteiger partial charge is 0.392 e. The minimum Gasteiger partial charge on any atom is -0.392 e. The Labute approximate surface area is 119 Å². The molecule has 112 valence electrons. The standard InChI is InChI=1S/C16H23FO3/c1-11(6-8-18)5-7-16(20)12(2)13(10-17)14(19)9-15(16,3)4/h6,14,18-20H,8-10H2,1-4H3/b11-6-. The summed E-state index contributed by atoms with van der Waals surface area (Å²) in [7, 11) is 0. The number of allylic oxidation sites excluding steroid dienone is 1. The van der Waals surface area contributed by atoms with Crippen molar-refractivity contribution < 1.29 is 19.7 Å². The van der Waals surface area contributed by atoms with Gasteiger partial charge in [0.15, 0.2) is 5.60 Å². The zero-order valence-corrected chi connectivity index (χ0v) is 12.5. The quantitative estimate of drug-likeness (QED) is 0.534. The van der Waals surface area contributed by atoms with Crippen molar-refractivity contribution in [2.45, 2.75) is 45.8 Å². The van der Waals surface area contributed by atoms with Gasteiger partial charge in [0.2, 0.25) is 0 Å². The van der Waals surface area contributed by atoms with E-state index in [4.69, 9.17) is 5.11 Å². The van der Waals surface area contributed by atoms with Crippen LogP contribution in [0.15, 0.2) is 22.8 Å². The molecular formula is C16H23FO3. The van der Waals surface area contributed by atoms with E-state index in [0.717, 1.165) is 0 Å². The van der Waals surface area contributed by atoms with E-state index in [1.54, 1.807) is 27.7 Å². The molecule has 2 unspecified atom stereocenters. The third-order valence-corrected chi connectivity index (χ3v) is 4.09. The van der Waals surface area contributed by atoms with Crippen LogP contribution in [0.25, 0.3) is 0 Å². The lowest BCUT2D eigenvalue weighted by Gasteiger charge is -2.46. The highest BCUT2D eigenvalue weighted by molar-refractivity contribution is 5.44. The molecule has 3 N–H and O–H groups in total. The van der Waals surface area contributed by atoms with Gasteiger partial charge in [0.25, 0.3) is 0 Å². The molecule has 0 aromatic carbocycles. The van der Waals surface area contributed by atoms with Crippen LogP contribution in [0.1, 0.15) is 34.1 Å². The molecule has 1 aliphatic rings. The van der Waals surface area contributed by atoms with Crippen LogP contribution < -0.4 is 0 Å². The molecule has 0 heterocycles. The molecule has 0 saturated carbocycles. The van der Waals surface area contributed by atoms with Crippen molar-refractivity contribution in [3.05, 3.63) is 22.8 Å². The molecule has 20 heavy (non-hydrogen) atoms. The van der Waals surface area contributed by atoms with Gasteiger partial charge in [-0.15, -0.1) is 0 Å². The molecule has 0 radical (unpaired) electrons. The van der Waals surface area contributed by atoms with Gasteiger partial charge in [0.05, 0.1) is 12.7 Å². The molecule has 0 saturated heterocycles. The number of aliphatic hydroxyl groups excluding tert-OH is 2. The summed E-state index contributed by atoms with van der Waals surface area (Å²) in [5.74, 6) is 5.60. The van der Waals surface area contributed by atoms with E-state index in [1.165, 1.54) is 6.08 Å². The van der Waals surface area contributed by atoms with Crippen molar-refractivity contribution in [2.24, 2.45) is 5.41 Å². The number of hydrogen-bond acceptors (Lipinski definition) is 3. The third-order valence-electron chi connectivity index (χ3n) is 4.09. The van der Waals surface area contributed by atoms with Crippen LogP contribution >= 0.6 is 0 Å². The highest BCUT2D eigenvalue weighted by Gasteiger charge is 2.50. The Balaban J connectivity index is 3.36. The van der Waals surface area contributed by atoms with E-state index in [0.29, 0.717) is 11.1 Å². The second-order valence-electron chi connectivity index (χ2n) is 5.92. The van der Waals surface area contributed by atoms with Gasteiger partial charge < -0.3 is 15.3 Å². The van der Waals surface area contributed by atoms with Crippen molar-refractivity contribution in [3.8, 4) is 11.8 Å². The number of hydrogen-bond donors (Lipinski definition) is 3. The molecule has 1 aliphatic carbocycles. The Morgan fingerprint density at radius 3 is 2.60 bits per heavy atom. The molecule has 4 heteroatoms. The van der Waals surface area contributed by atoms with E-state index in [2.05, 4.69) is 11.8 Å². The molecule has 0 fully saturated rings. The maximum atomic E-state index is 13.1. The van der Waals surface area contributed by atoms with Gasteiger partial charge in [0.1, 0.15) is 6.67 Å². The van der Waals surface area contributed by atoms with Crippen molar-refractivity contribution in [1.82, 2.24) is 0 Å². The fourth-order valence-corrected chi connectivity index (χ4v) is 2.57. The zero-order chi connectivity index (χ0) is 15.6.